The van der Waals surface area contributed by atoms with Crippen LogP contribution < -0.4 is 5.32 Å². The van der Waals surface area contributed by atoms with E-state index in [1.165, 1.54) is 51.4 Å². The lowest BCUT2D eigenvalue weighted by atomic mass is 9.95. The Bertz CT molecular complexity index is 261. The molecule has 0 aromatic carbocycles. The van der Waals surface area contributed by atoms with Crippen molar-refractivity contribution in [3.8, 4) is 0 Å². The van der Waals surface area contributed by atoms with Gasteiger partial charge in [-0.1, -0.05) is 32.6 Å². The van der Waals surface area contributed by atoms with E-state index < -0.39 is 0 Å². The van der Waals surface area contributed by atoms with E-state index in [1.807, 2.05) is 0 Å². The van der Waals surface area contributed by atoms with E-state index in [1.54, 1.807) is 0 Å². The topological polar surface area (TPSA) is 32.3 Å². The smallest absolute Gasteiger partial charge is 0.237 e. The predicted molar refractivity (Wildman–Crippen MR) is 74.5 cm³/mol. The Labute approximate surface area is 111 Å². The molecule has 0 unspecified atom stereocenters. The van der Waals surface area contributed by atoms with E-state index >= 15 is 0 Å². The maximum absolute atomic E-state index is 12.3. The molecule has 0 bridgehead atoms. The van der Waals surface area contributed by atoms with Crippen LogP contribution in [0, 0.1) is 0 Å². The van der Waals surface area contributed by atoms with Gasteiger partial charge in [-0.3, -0.25) is 9.69 Å². The number of unbranched alkanes of at least 4 members (excludes halogenated alkanes) is 1. The summed E-state index contributed by atoms with van der Waals surface area (Å²) in [6.45, 7) is 4.43. The largest absolute Gasteiger partial charge is 0.352 e. The minimum absolute atomic E-state index is 0.165. The summed E-state index contributed by atoms with van der Waals surface area (Å²) in [5.41, 5.74) is 0. The van der Waals surface area contributed by atoms with Crippen LogP contribution >= 0.6 is 0 Å². The zero-order chi connectivity index (χ0) is 12.8. The van der Waals surface area contributed by atoms with Crippen LogP contribution in [0.2, 0.25) is 0 Å². The van der Waals surface area contributed by atoms with Crippen molar-refractivity contribution >= 4 is 5.91 Å². The molecular weight excluding hydrogens is 224 g/mol. The van der Waals surface area contributed by atoms with Gasteiger partial charge in [0, 0.05) is 6.04 Å². The number of nitrogens with zero attached hydrogens (tertiary/aromatic N) is 1. The quantitative estimate of drug-likeness (QED) is 0.816. The van der Waals surface area contributed by atoms with Crippen molar-refractivity contribution in [2.75, 3.05) is 13.1 Å². The van der Waals surface area contributed by atoms with Gasteiger partial charge in [0.2, 0.25) is 5.91 Å². The van der Waals surface area contributed by atoms with Crippen LogP contribution in [0.3, 0.4) is 0 Å². The summed E-state index contributed by atoms with van der Waals surface area (Å²) in [6, 6.07) is 0.623. The molecule has 18 heavy (non-hydrogen) atoms. The van der Waals surface area contributed by atoms with Crippen molar-refractivity contribution in [3.05, 3.63) is 0 Å². The molecule has 1 atom stereocenters. The Balaban J connectivity index is 1.79. The first-order chi connectivity index (χ1) is 8.81. The molecular formula is C15H28N2O. The number of carbonyl (C=O) groups excluding carboxylic acids is 1. The maximum atomic E-state index is 12.3. The standard InChI is InChI=1S/C15H28N2O/c1-2-3-11-17-12-7-10-14(17)15(18)16-13-8-5-4-6-9-13/h13-14H,2-12H2,1H3,(H,16,18)/t14-/m1/s1. The second-order valence-corrected chi connectivity index (χ2v) is 5.89. The Morgan fingerprint density at radius 1 is 1.17 bits per heavy atom. The third kappa shape index (κ3) is 3.71. The van der Waals surface area contributed by atoms with E-state index in [9.17, 15) is 4.79 Å². The highest BCUT2D eigenvalue weighted by Gasteiger charge is 2.31. The van der Waals surface area contributed by atoms with Crippen molar-refractivity contribution in [2.45, 2.75) is 76.8 Å². The minimum Gasteiger partial charge on any atom is -0.352 e. The molecule has 0 radical (unpaired) electrons. The molecule has 1 saturated heterocycles. The van der Waals surface area contributed by atoms with E-state index in [0.29, 0.717) is 11.9 Å². The van der Waals surface area contributed by atoms with Gasteiger partial charge in [-0.15, -0.1) is 0 Å². The zero-order valence-corrected chi connectivity index (χ0v) is 11.8. The summed E-state index contributed by atoms with van der Waals surface area (Å²) >= 11 is 0. The molecule has 1 N–H and O–H groups in total. The van der Waals surface area contributed by atoms with Gasteiger partial charge >= 0.3 is 0 Å². The molecule has 1 aliphatic heterocycles. The highest BCUT2D eigenvalue weighted by atomic mass is 16.2. The van der Waals surface area contributed by atoms with Crippen LogP contribution in [0.4, 0.5) is 0 Å². The molecule has 104 valence electrons. The monoisotopic (exact) mass is 252 g/mol. The summed E-state index contributed by atoms with van der Waals surface area (Å²) in [6.07, 6.45) is 11.0. The number of rotatable bonds is 5. The average Bonchev–Trinajstić information content (AvgIpc) is 2.86. The van der Waals surface area contributed by atoms with Crippen LogP contribution in [-0.4, -0.2) is 36.0 Å². The van der Waals surface area contributed by atoms with E-state index in [4.69, 9.17) is 0 Å². The normalized spacial score (nSPS) is 26.4. The first-order valence-electron chi connectivity index (χ1n) is 7.85. The SMILES string of the molecule is CCCCN1CCC[C@@H]1C(=O)NC1CCCCC1. The van der Waals surface area contributed by atoms with Crippen LogP contribution in [0.5, 0.6) is 0 Å². The van der Waals surface area contributed by atoms with Crippen LogP contribution in [-0.2, 0) is 4.79 Å². The molecule has 0 spiro atoms. The Morgan fingerprint density at radius 2 is 1.94 bits per heavy atom. The van der Waals surface area contributed by atoms with Crippen LogP contribution in [0.1, 0.15) is 64.7 Å². The Hall–Kier alpha value is -0.570. The van der Waals surface area contributed by atoms with Gasteiger partial charge in [-0.05, 0) is 45.2 Å². The average molecular weight is 252 g/mol. The number of amides is 1. The molecule has 1 heterocycles. The number of hydrogen-bond acceptors (Lipinski definition) is 2. The lowest BCUT2D eigenvalue weighted by molar-refractivity contribution is -0.126. The molecule has 1 aliphatic carbocycles. The third-order valence-corrected chi connectivity index (χ3v) is 4.42. The first kappa shape index (κ1) is 13.9. The predicted octanol–water partition coefficient (Wildman–Crippen LogP) is 2.70. The number of likely N-dealkylation sites (tertiary alicyclic amines) is 1. The zero-order valence-electron chi connectivity index (χ0n) is 11.8. The van der Waals surface area contributed by atoms with Gasteiger partial charge in [0.25, 0.3) is 0 Å². The van der Waals surface area contributed by atoms with Gasteiger partial charge in [-0.2, -0.15) is 0 Å². The molecule has 3 nitrogen and oxygen atoms in total. The highest BCUT2D eigenvalue weighted by molar-refractivity contribution is 5.82. The lowest BCUT2D eigenvalue weighted by Gasteiger charge is -2.28. The van der Waals surface area contributed by atoms with Crippen LogP contribution in [0.15, 0.2) is 0 Å². The van der Waals surface area contributed by atoms with Crippen molar-refractivity contribution in [1.29, 1.82) is 0 Å². The molecule has 2 rings (SSSR count). The third-order valence-electron chi connectivity index (χ3n) is 4.42. The molecule has 2 aliphatic rings. The Morgan fingerprint density at radius 3 is 2.67 bits per heavy atom. The fourth-order valence-corrected chi connectivity index (χ4v) is 3.30. The number of hydrogen-bond donors (Lipinski definition) is 1. The second-order valence-electron chi connectivity index (χ2n) is 5.89. The molecule has 1 saturated carbocycles. The molecule has 0 aromatic heterocycles. The van der Waals surface area contributed by atoms with Gasteiger partial charge in [0.1, 0.15) is 0 Å². The van der Waals surface area contributed by atoms with E-state index in [0.717, 1.165) is 19.5 Å². The van der Waals surface area contributed by atoms with E-state index in [2.05, 4.69) is 17.1 Å². The molecule has 0 aromatic rings. The first-order valence-corrected chi connectivity index (χ1v) is 7.85. The van der Waals surface area contributed by atoms with Gasteiger partial charge in [0.15, 0.2) is 0 Å². The fourth-order valence-electron chi connectivity index (χ4n) is 3.30. The van der Waals surface area contributed by atoms with E-state index in [-0.39, 0.29) is 6.04 Å². The molecule has 3 heteroatoms. The van der Waals surface area contributed by atoms with Crippen molar-refractivity contribution in [3.63, 3.8) is 0 Å². The second kappa shape index (κ2) is 7.13. The van der Waals surface area contributed by atoms with Crippen molar-refractivity contribution in [2.24, 2.45) is 0 Å². The highest BCUT2D eigenvalue weighted by Crippen LogP contribution is 2.21. The molecule has 1 amide bonds. The van der Waals surface area contributed by atoms with Gasteiger partial charge in [0.05, 0.1) is 6.04 Å². The summed E-state index contributed by atoms with van der Waals surface area (Å²) in [5, 5.41) is 3.29. The summed E-state index contributed by atoms with van der Waals surface area (Å²) in [5.74, 6) is 0.301. The summed E-state index contributed by atoms with van der Waals surface area (Å²) in [7, 11) is 0. The van der Waals surface area contributed by atoms with Crippen molar-refractivity contribution < 1.29 is 4.79 Å². The Kier molecular flexibility index (Phi) is 5.48. The molecule has 2 fully saturated rings. The summed E-state index contributed by atoms with van der Waals surface area (Å²) in [4.78, 5) is 14.7. The van der Waals surface area contributed by atoms with Gasteiger partial charge in [-0.25, -0.2) is 0 Å². The maximum Gasteiger partial charge on any atom is 0.237 e. The van der Waals surface area contributed by atoms with Crippen molar-refractivity contribution in [1.82, 2.24) is 10.2 Å². The van der Waals surface area contributed by atoms with Crippen LogP contribution in [0.25, 0.3) is 0 Å². The fraction of sp³-hybridized carbons (Fsp3) is 0.933. The number of carbonyl (C=O) groups is 1. The minimum atomic E-state index is 0.165. The number of nitrogens with one attached hydrogen (secondary N) is 1. The van der Waals surface area contributed by atoms with Gasteiger partial charge < -0.3 is 5.32 Å². The lowest BCUT2D eigenvalue weighted by Crippen LogP contribution is -2.47. The summed E-state index contributed by atoms with van der Waals surface area (Å²) < 4.78 is 0.